The maximum absolute atomic E-state index is 12.1. The van der Waals surface area contributed by atoms with Gasteiger partial charge in [0.25, 0.3) is 5.91 Å². The molecule has 0 saturated heterocycles. The first-order valence-corrected chi connectivity index (χ1v) is 7.20. The van der Waals surface area contributed by atoms with Gasteiger partial charge in [0.15, 0.2) is 5.13 Å². The van der Waals surface area contributed by atoms with Crippen LogP contribution in [0.2, 0.25) is 0 Å². The Morgan fingerprint density at radius 1 is 1.24 bits per heavy atom. The molecule has 5 nitrogen and oxygen atoms in total. The van der Waals surface area contributed by atoms with E-state index >= 15 is 0 Å². The Bertz CT molecular complexity index is 753. The van der Waals surface area contributed by atoms with Gasteiger partial charge in [0, 0.05) is 35.2 Å². The lowest BCUT2D eigenvalue weighted by Gasteiger charge is -2.01. The van der Waals surface area contributed by atoms with Gasteiger partial charge < -0.3 is 0 Å². The first kappa shape index (κ1) is 13.4. The lowest BCUT2D eigenvalue weighted by Crippen LogP contribution is -2.12. The topological polar surface area (TPSA) is 67.8 Å². The molecule has 104 valence electrons. The normalized spacial score (nSPS) is 10.3. The molecule has 0 unspecified atom stereocenters. The van der Waals surface area contributed by atoms with Gasteiger partial charge in [-0.15, -0.1) is 11.3 Å². The number of hydrogen-bond donors (Lipinski definition) is 1. The summed E-state index contributed by atoms with van der Waals surface area (Å²) in [5.41, 5.74) is 3.11. The van der Waals surface area contributed by atoms with E-state index < -0.39 is 0 Å². The fraction of sp³-hybridized carbons (Fsp3) is 0.0667. The monoisotopic (exact) mass is 296 g/mol. The molecular formula is C15H12N4OS. The molecule has 0 aliphatic rings. The molecule has 0 fully saturated rings. The number of aryl methyl sites for hydroxylation is 1. The van der Waals surface area contributed by atoms with Crippen molar-refractivity contribution in [3.8, 4) is 11.3 Å². The fourth-order valence-electron chi connectivity index (χ4n) is 1.75. The highest BCUT2D eigenvalue weighted by Crippen LogP contribution is 2.24. The van der Waals surface area contributed by atoms with Gasteiger partial charge in [-0.25, -0.2) is 4.98 Å². The third-order valence-corrected chi connectivity index (χ3v) is 3.61. The van der Waals surface area contributed by atoms with Crippen LogP contribution < -0.4 is 5.32 Å². The summed E-state index contributed by atoms with van der Waals surface area (Å²) in [6.07, 6.45) is 5.01. The van der Waals surface area contributed by atoms with Crippen molar-refractivity contribution in [3.63, 3.8) is 0 Å². The molecule has 1 amide bonds. The van der Waals surface area contributed by atoms with Crippen LogP contribution in [0.1, 0.15) is 16.1 Å². The highest BCUT2D eigenvalue weighted by molar-refractivity contribution is 7.14. The lowest BCUT2D eigenvalue weighted by molar-refractivity contribution is 0.102. The van der Waals surface area contributed by atoms with E-state index in [9.17, 15) is 4.79 Å². The average molecular weight is 296 g/mol. The fourth-order valence-corrected chi connectivity index (χ4v) is 2.46. The van der Waals surface area contributed by atoms with Gasteiger partial charge >= 0.3 is 0 Å². The molecule has 3 aromatic rings. The summed E-state index contributed by atoms with van der Waals surface area (Å²) in [5.74, 6) is -0.213. The second-order valence-electron chi connectivity index (χ2n) is 4.42. The molecule has 6 heteroatoms. The second kappa shape index (κ2) is 5.80. The zero-order chi connectivity index (χ0) is 14.7. The van der Waals surface area contributed by atoms with Gasteiger partial charge in [0.05, 0.1) is 11.3 Å². The molecule has 21 heavy (non-hydrogen) atoms. The van der Waals surface area contributed by atoms with Crippen molar-refractivity contribution in [2.75, 3.05) is 5.32 Å². The van der Waals surface area contributed by atoms with Crippen LogP contribution in [0.15, 0.2) is 48.2 Å². The van der Waals surface area contributed by atoms with E-state index in [1.165, 1.54) is 11.3 Å². The predicted molar refractivity (Wildman–Crippen MR) is 82.3 cm³/mol. The minimum atomic E-state index is -0.213. The Morgan fingerprint density at radius 2 is 2.14 bits per heavy atom. The standard InChI is InChI=1S/C15H12N4OS/c1-10-4-5-12(8-17-10)14(20)19-15-18-13(9-21-15)11-3-2-6-16-7-11/h2-9H,1H3,(H,18,19,20). The third-order valence-electron chi connectivity index (χ3n) is 2.86. The van der Waals surface area contributed by atoms with Crippen LogP contribution >= 0.6 is 11.3 Å². The Hall–Kier alpha value is -2.60. The molecule has 0 spiro atoms. The van der Waals surface area contributed by atoms with Crippen LogP contribution in [0.5, 0.6) is 0 Å². The highest BCUT2D eigenvalue weighted by Gasteiger charge is 2.10. The van der Waals surface area contributed by atoms with Gasteiger partial charge in [0.1, 0.15) is 0 Å². The molecule has 0 aromatic carbocycles. The molecule has 0 saturated carbocycles. The number of pyridine rings is 2. The van der Waals surface area contributed by atoms with Gasteiger partial charge in [-0.2, -0.15) is 0 Å². The molecule has 1 N–H and O–H groups in total. The quantitative estimate of drug-likeness (QED) is 0.806. The zero-order valence-electron chi connectivity index (χ0n) is 11.3. The number of carbonyl (C=O) groups is 1. The first-order chi connectivity index (χ1) is 10.2. The maximum atomic E-state index is 12.1. The Morgan fingerprint density at radius 3 is 2.86 bits per heavy atom. The van der Waals surface area contributed by atoms with Gasteiger partial charge in [0.2, 0.25) is 0 Å². The van der Waals surface area contributed by atoms with Crippen molar-refractivity contribution in [1.29, 1.82) is 0 Å². The van der Waals surface area contributed by atoms with Crippen molar-refractivity contribution in [2.45, 2.75) is 6.92 Å². The largest absolute Gasteiger partial charge is 0.298 e. The van der Waals surface area contributed by atoms with Crippen LogP contribution in [0.25, 0.3) is 11.3 Å². The van der Waals surface area contributed by atoms with E-state index in [4.69, 9.17) is 0 Å². The number of nitrogens with zero attached hydrogens (tertiary/aromatic N) is 3. The van der Waals surface area contributed by atoms with Crippen LogP contribution in [-0.2, 0) is 0 Å². The minimum absolute atomic E-state index is 0.213. The summed E-state index contributed by atoms with van der Waals surface area (Å²) in [6, 6.07) is 7.33. The van der Waals surface area contributed by atoms with Crippen LogP contribution in [0, 0.1) is 6.92 Å². The first-order valence-electron chi connectivity index (χ1n) is 6.32. The van der Waals surface area contributed by atoms with Crippen molar-refractivity contribution >= 4 is 22.4 Å². The van der Waals surface area contributed by atoms with Crippen LogP contribution in [-0.4, -0.2) is 20.9 Å². The van der Waals surface area contributed by atoms with Crippen LogP contribution in [0.3, 0.4) is 0 Å². The second-order valence-corrected chi connectivity index (χ2v) is 5.28. The predicted octanol–water partition coefficient (Wildman–Crippen LogP) is 3.16. The van der Waals surface area contributed by atoms with Gasteiger partial charge in [-0.3, -0.25) is 20.1 Å². The van der Waals surface area contributed by atoms with Crippen molar-refractivity contribution < 1.29 is 4.79 Å². The minimum Gasteiger partial charge on any atom is -0.298 e. The summed E-state index contributed by atoms with van der Waals surface area (Å²) in [6.45, 7) is 1.88. The molecular weight excluding hydrogens is 284 g/mol. The average Bonchev–Trinajstić information content (AvgIpc) is 2.97. The summed E-state index contributed by atoms with van der Waals surface area (Å²) in [4.78, 5) is 24.6. The van der Waals surface area contributed by atoms with E-state index in [-0.39, 0.29) is 5.91 Å². The van der Waals surface area contributed by atoms with Crippen LogP contribution in [0.4, 0.5) is 5.13 Å². The summed E-state index contributed by atoms with van der Waals surface area (Å²) in [5, 5.41) is 5.22. The van der Waals surface area contributed by atoms with E-state index in [1.54, 1.807) is 30.7 Å². The molecule has 0 aliphatic carbocycles. The molecule has 0 radical (unpaired) electrons. The van der Waals surface area contributed by atoms with Gasteiger partial charge in [-0.05, 0) is 31.2 Å². The van der Waals surface area contributed by atoms with E-state index in [0.29, 0.717) is 10.7 Å². The summed E-state index contributed by atoms with van der Waals surface area (Å²) >= 11 is 1.38. The highest BCUT2D eigenvalue weighted by atomic mass is 32.1. The summed E-state index contributed by atoms with van der Waals surface area (Å²) < 4.78 is 0. The van der Waals surface area contributed by atoms with Crippen molar-refractivity contribution in [2.24, 2.45) is 0 Å². The smallest absolute Gasteiger partial charge is 0.259 e. The summed E-state index contributed by atoms with van der Waals surface area (Å²) in [7, 11) is 0. The van der Waals surface area contributed by atoms with Gasteiger partial charge in [-0.1, -0.05) is 0 Å². The molecule has 3 aromatic heterocycles. The Labute approximate surface area is 125 Å². The number of carbonyl (C=O) groups excluding carboxylic acids is 1. The molecule has 0 atom stereocenters. The lowest BCUT2D eigenvalue weighted by atomic mass is 10.2. The SMILES string of the molecule is Cc1ccc(C(=O)Nc2nc(-c3cccnc3)cs2)cn1. The molecule has 0 aliphatic heterocycles. The number of aromatic nitrogens is 3. The third kappa shape index (κ3) is 3.11. The van der Waals surface area contributed by atoms with E-state index in [2.05, 4.69) is 20.3 Å². The molecule has 3 rings (SSSR count). The number of thiazole rings is 1. The number of rotatable bonds is 3. The van der Waals surface area contributed by atoms with E-state index in [0.717, 1.165) is 17.0 Å². The Balaban J connectivity index is 1.75. The van der Waals surface area contributed by atoms with Crippen molar-refractivity contribution in [3.05, 3.63) is 59.5 Å². The van der Waals surface area contributed by atoms with Crippen molar-refractivity contribution in [1.82, 2.24) is 15.0 Å². The molecule has 0 bridgehead atoms. The zero-order valence-corrected chi connectivity index (χ0v) is 12.1. The molecule has 3 heterocycles. The Kier molecular flexibility index (Phi) is 3.70. The number of hydrogen-bond acceptors (Lipinski definition) is 5. The van der Waals surface area contributed by atoms with E-state index in [1.807, 2.05) is 24.4 Å². The number of anilines is 1. The maximum Gasteiger partial charge on any atom is 0.259 e. The number of amides is 1. The number of nitrogens with one attached hydrogen (secondary N) is 1.